The maximum atomic E-state index is 13.2. The predicted octanol–water partition coefficient (Wildman–Crippen LogP) is 3.58. The van der Waals surface area contributed by atoms with Crippen molar-refractivity contribution >= 4 is 17.7 Å². The zero-order chi connectivity index (χ0) is 16.1. The minimum Gasteiger partial charge on any atom is -0.444 e. The van der Waals surface area contributed by atoms with Crippen LogP contribution in [0.1, 0.15) is 19.5 Å². The summed E-state index contributed by atoms with van der Waals surface area (Å²) in [5, 5.41) is 0. The summed E-state index contributed by atoms with van der Waals surface area (Å²) < 4.78 is 18.5. The normalized spacial score (nSPS) is 11.0. The third-order valence-corrected chi connectivity index (χ3v) is 4.22. The number of benzene rings is 1. The van der Waals surface area contributed by atoms with Gasteiger partial charge >= 0.3 is 0 Å². The number of hydrogen-bond donors (Lipinski definition) is 0. The quantitative estimate of drug-likeness (QED) is 0.815. The van der Waals surface area contributed by atoms with Gasteiger partial charge in [-0.1, -0.05) is 6.07 Å². The molecule has 0 aliphatic heterocycles. The van der Waals surface area contributed by atoms with Gasteiger partial charge < -0.3 is 9.32 Å². The van der Waals surface area contributed by atoms with E-state index < -0.39 is 0 Å². The molecule has 6 heteroatoms. The SMILES string of the molecule is CC(C)N(C)C(=O)CSCc1coc(-c2cccc(F)c2)n1. The first-order chi connectivity index (χ1) is 10.5. The van der Waals surface area contributed by atoms with Crippen LogP contribution < -0.4 is 0 Å². The molecule has 0 unspecified atom stereocenters. The van der Waals surface area contributed by atoms with Crippen LogP contribution in [0, 0.1) is 5.82 Å². The van der Waals surface area contributed by atoms with Crippen LogP contribution in [0.2, 0.25) is 0 Å². The van der Waals surface area contributed by atoms with Crippen LogP contribution in [0.5, 0.6) is 0 Å². The van der Waals surface area contributed by atoms with Crippen molar-refractivity contribution in [2.45, 2.75) is 25.6 Å². The third kappa shape index (κ3) is 4.34. The average Bonchev–Trinajstić information content (AvgIpc) is 2.95. The molecule has 1 amide bonds. The minimum atomic E-state index is -0.325. The van der Waals surface area contributed by atoms with E-state index in [-0.39, 0.29) is 17.8 Å². The van der Waals surface area contributed by atoms with E-state index in [1.165, 1.54) is 23.9 Å². The third-order valence-electron chi connectivity index (χ3n) is 3.27. The average molecular weight is 322 g/mol. The second kappa shape index (κ2) is 7.45. The Kier molecular flexibility index (Phi) is 5.60. The van der Waals surface area contributed by atoms with E-state index in [1.807, 2.05) is 13.8 Å². The summed E-state index contributed by atoms with van der Waals surface area (Å²) in [6.45, 7) is 3.96. The van der Waals surface area contributed by atoms with Gasteiger partial charge in [-0.2, -0.15) is 0 Å². The number of halogens is 1. The Morgan fingerprint density at radius 2 is 2.23 bits per heavy atom. The van der Waals surface area contributed by atoms with Crippen molar-refractivity contribution < 1.29 is 13.6 Å². The molecule has 0 aliphatic carbocycles. The molecule has 2 rings (SSSR count). The molecule has 0 saturated heterocycles. The lowest BCUT2D eigenvalue weighted by molar-refractivity contribution is -0.128. The number of carbonyl (C=O) groups is 1. The van der Waals surface area contributed by atoms with Crippen molar-refractivity contribution in [3.8, 4) is 11.5 Å². The van der Waals surface area contributed by atoms with Crippen molar-refractivity contribution in [1.29, 1.82) is 0 Å². The van der Waals surface area contributed by atoms with E-state index in [0.29, 0.717) is 23.0 Å². The first-order valence-corrected chi connectivity index (χ1v) is 8.16. The van der Waals surface area contributed by atoms with Crippen molar-refractivity contribution in [3.63, 3.8) is 0 Å². The Morgan fingerprint density at radius 3 is 2.91 bits per heavy atom. The Hall–Kier alpha value is -1.82. The maximum absolute atomic E-state index is 13.2. The van der Waals surface area contributed by atoms with Gasteiger partial charge in [0.05, 0.1) is 11.4 Å². The van der Waals surface area contributed by atoms with Crippen LogP contribution in [0.4, 0.5) is 4.39 Å². The molecule has 2 aromatic rings. The first-order valence-electron chi connectivity index (χ1n) is 7.01. The molecule has 0 saturated carbocycles. The summed E-state index contributed by atoms with van der Waals surface area (Å²) in [5.74, 6) is 1.14. The monoisotopic (exact) mass is 322 g/mol. The lowest BCUT2D eigenvalue weighted by atomic mass is 10.2. The summed E-state index contributed by atoms with van der Waals surface area (Å²) in [6.07, 6.45) is 1.55. The number of oxazole rings is 1. The Bertz CT molecular complexity index is 643. The maximum Gasteiger partial charge on any atom is 0.232 e. The lowest BCUT2D eigenvalue weighted by Crippen LogP contribution is -2.34. The van der Waals surface area contributed by atoms with Crippen molar-refractivity contribution in [1.82, 2.24) is 9.88 Å². The molecule has 0 aliphatic rings. The van der Waals surface area contributed by atoms with E-state index in [1.54, 1.807) is 30.3 Å². The minimum absolute atomic E-state index is 0.0915. The fourth-order valence-corrected chi connectivity index (χ4v) is 2.58. The van der Waals surface area contributed by atoms with Gasteiger partial charge in [0.2, 0.25) is 11.8 Å². The number of rotatable bonds is 6. The molecule has 1 heterocycles. The number of thioether (sulfide) groups is 1. The van der Waals surface area contributed by atoms with Crippen molar-refractivity contribution in [3.05, 3.63) is 42.0 Å². The van der Waals surface area contributed by atoms with Crippen LogP contribution in [-0.2, 0) is 10.5 Å². The highest BCUT2D eigenvalue weighted by atomic mass is 32.2. The highest BCUT2D eigenvalue weighted by molar-refractivity contribution is 7.99. The molecular weight excluding hydrogens is 303 g/mol. The van der Waals surface area contributed by atoms with E-state index in [4.69, 9.17) is 4.42 Å². The number of nitrogens with zero attached hydrogens (tertiary/aromatic N) is 2. The molecule has 0 bridgehead atoms. The highest BCUT2D eigenvalue weighted by Crippen LogP contribution is 2.21. The fraction of sp³-hybridized carbons (Fsp3) is 0.375. The van der Waals surface area contributed by atoms with Crippen LogP contribution in [0.15, 0.2) is 34.9 Å². The smallest absolute Gasteiger partial charge is 0.232 e. The molecule has 22 heavy (non-hydrogen) atoms. The first kappa shape index (κ1) is 16.5. The molecular formula is C16H19FN2O2S. The molecule has 0 spiro atoms. The predicted molar refractivity (Wildman–Crippen MR) is 86.0 cm³/mol. The van der Waals surface area contributed by atoms with Gasteiger partial charge in [0.15, 0.2) is 0 Å². The molecule has 118 valence electrons. The molecule has 0 radical (unpaired) electrons. The van der Waals surface area contributed by atoms with Gasteiger partial charge in [-0.3, -0.25) is 4.79 Å². The lowest BCUT2D eigenvalue weighted by Gasteiger charge is -2.20. The molecule has 1 aromatic carbocycles. The second-order valence-corrected chi connectivity index (χ2v) is 6.23. The highest BCUT2D eigenvalue weighted by Gasteiger charge is 2.13. The molecule has 1 aromatic heterocycles. The molecule has 0 N–H and O–H groups in total. The number of amides is 1. The molecule has 0 atom stereocenters. The Balaban J connectivity index is 1.89. The van der Waals surface area contributed by atoms with E-state index in [0.717, 1.165) is 5.69 Å². The summed E-state index contributed by atoms with van der Waals surface area (Å²) in [5.41, 5.74) is 1.34. The Labute approximate surface area is 133 Å². The van der Waals surface area contributed by atoms with Crippen LogP contribution in [0.3, 0.4) is 0 Å². The fourth-order valence-electron chi connectivity index (χ4n) is 1.76. The van der Waals surface area contributed by atoms with Gasteiger partial charge in [-0.25, -0.2) is 9.37 Å². The van der Waals surface area contributed by atoms with Crippen LogP contribution >= 0.6 is 11.8 Å². The number of hydrogen-bond acceptors (Lipinski definition) is 4. The van der Waals surface area contributed by atoms with Crippen LogP contribution in [0.25, 0.3) is 11.5 Å². The standard InChI is InChI=1S/C16H19FN2O2S/c1-11(2)19(3)15(20)10-22-9-14-8-21-16(18-14)12-5-4-6-13(17)7-12/h4-8,11H,9-10H2,1-3H3. The molecule has 0 fully saturated rings. The van der Waals surface area contributed by atoms with E-state index in [9.17, 15) is 9.18 Å². The van der Waals surface area contributed by atoms with Gasteiger partial charge in [0, 0.05) is 24.4 Å². The van der Waals surface area contributed by atoms with Crippen molar-refractivity contribution in [2.75, 3.05) is 12.8 Å². The summed E-state index contributed by atoms with van der Waals surface area (Å²) in [4.78, 5) is 17.9. The van der Waals surface area contributed by atoms with Gasteiger partial charge in [-0.05, 0) is 32.0 Å². The van der Waals surface area contributed by atoms with Gasteiger partial charge in [0.25, 0.3) is 0 Å². The summed E-state index contributed by atoms with van der Waals surface area (Å²) >= 11 is 1.48. The number of aromatic nitrogens is 1. The zero-order valence-corrected chi connectivity index (χ0v) is 13.7. The summed E-state index contributed by atoms with van der Waals surface area (Å²) in [6, 6.07) is 6.31. The van der Waals surface area contributed by atoms with E-state index in [2.05, 4.69) is 4.98 Å². The second-order valence-electron chi connectivity index (χ2n) is 5.25. The van der Waals surface area contributed by atoms with Gasteiger partial charge in [0.1, 0.15) is 12.1 Å². The number of carbonyl (C=O) groups excluding carboxylic acids is 1. The zero-order valence-electron chi connectivity index (χ0n) is 12.9. The molecule has 4 nitrogen and oxygen atoms in total. The van der Waals surface area contributed by atoms with Crippen LogP contribution in [-0.4, -0.2) is 34.6 Å². The van der Waals surface area contributed by atoms with E-state index >= 15 is 0 Å². The van der Waals surface area contributed by atoms with Crippen molar-refractivity contribution in [2.24, 2.45) is 0 Å². The Morgan fingerprint density at radius 1 is 1.45 bits per heavy atom. The topological polar surface area (TPSA) is 46.3 Å². The largest absolute Gasteiger partial charge is 0.444 e. The van der Waals surface area contributed by atoms with Gasteiger partial charge in [-0.15, -0.1) is 11.8 Å². The summed E-state index contributed by atoms with van der Waals surface area (Å²) in [7, 11) is 1.80.